The number of aromatic nitrogens is 1. The molecular formula is C15H22N2O2. The molecule has 0 amide bonds. The Labute approximate surface area is 114 Å². The molecule has 4 heteroatoms. The Kier molecular flexibility index (Phi) is 4.40. The second-order valence-corrected chi connectivity index (χ2v) is 5.28. The van der Waals surface area contributed by atoms with Gasteiger partial charge < -0.3 is 10.1 Å². The van der Waals surface area contributed by atoms with E-state index in [-0.39, 0.29) is 5.97 Å². The predicted octanol–water partition coefficient (Wildman–Crippen LogP) is 3.10. The number of esters is 1. The van der Waals surface area contributed by atoms with Gasteiger partial charge in [-0.1, -0.05) is 13.8 Å². The van der Waals surface area contributed by atoms with Gasteiger partial charge in [0.25, 0.3) is 0 Å². The molecule has 1 aliphatic carbocycles. The second-order valence-electron chi connectivity index (χ2n) is 5.28. The summed E-state index contributed by atoms with van der Waals surface area (Å²) in [7, 11) is 0. The Morgan fingerprint density at radius 2 is 2.26 bits per heavy atom. The Morgan fingerprint density at radius 1 is 1.47 bits per heavy atom. The molecule has 104 valence electrons. The lowest BCUT2D eigenvalue weighted by Crippen LogP contribution is -2.26. The Hall–Kier alpha value is -1.58. The van der Waals surface area contributed by atoms with Gasteiger partial charge in [0.1, 0.15) is 11.4 Å². The molecule has 0 spiro atoms. The minimum absolute atomic E-state index is 0.309. The monoisotopic (exact) mass is 262 g/mol. The molecule has 4 nitrogen and oxygen atoms in total. The summed E-state index contributed by atoms with van der Waals surface area (Å²) in [5.41, 5.74) is 0.524. The zero-order chi connectivity index (χ0) is 13.8. The van der Waals surface area contributed by atoms with Crippen molar-refractivity contribution in [2.45, 2.75) is 39.7 Å². The largest absolute Gasteiger partial charge is 0.462 e. The SMILES string of the molecule is CCOC(=O)c1cccnc1NC1CCC(C)C1C. The number of nitrogens with one attached hydrogen (secondary N) is 1. The first-order valence-corrected chi connectivity index (χ1v) is 7.02. The summed E-state index contributed by atoms with van der Waals surface area (Å²) in [5.74, 6) is 1.65. The number of carbonyl (C=O) groups is 1. The molecule has 0 aromatic carbocycles. The van der Waals surface area contributed by atoms with Crippen LogP contribution in [-0.2, 0) is 4.74 Å². The van der Waals surface area contributed by atoms with E-state index in [9.17, 15) is 4.79 Å². The van der Waals surface area contributed by atoms with E-state index in [2.05, 4.69) is 24.1 Å². The minimum atomic E-state index is -0.309. The normalized spacial score (nSPS) is 26.2. The van der Waals surface area contributed by atoms with Gasteiger partial charge in [-0.15, -0.1) is 0 Å². The average Bonchev–Trinajstić information content (AvgIpc) is 2.72. The highest BCUT2D eigenvalue weighted by Gasteiger charge is 2.30. The summed E-state index contributed by atoms with van der Waals surface area (Å²) >= 11 is 0. The topological polar surface area (TPSA) is 51.2 Å². The number of hydrogen-bond donors (Lipinski definition) is 1. The molecule has 1 heterocycles. The van der Waals surface area contributed by atoms with E-state index < -0.39 is 0 Å². The summed E-state index contributed by atoms with van der Waals surface area (Å²) in [4.78, 5) is 16.2. The average molecular weight is 262 g/mol. The van der Waals surface area contributed by atoms with Crippen LogP contribution in [0.4, 0.5) is 5.82 Å². The molecule has 1 aromatic rings. The Balaban J connectivity index is 2.14. The summed E-state index contributed by atoms with van der Waals surface area (Å²) in [6.07, 6.45) is 4.05. The fraction of sp³-hybridized carbons (Fsp3) is 0.600. The van der Waals surface area contributed by atoms with E-state index in [0.717, 1.165) is 6.42 Å². The molecular weight excluding hydrogens is 240 g/mol. The van der Waals surface area contributed by atoms with Crippen LogP contribution in [0.25, 0.3) is 0 Å². The summed E-state index contributed by atoms with van der Waals surface area (Å²) in [6, 6.07) is 3.91. The Bertz CT molecular complexity index is 448. The van der Waals surface area contributed by atoms with Gasteiger partial charge in [-0.3, -0.25) is 0 Å². The van der Waals surface area contributed by atoms with Crippen molar-refractivity contribution in [3.63, 3.8) is 0 Å². The molecule has 19 heavy (non-hydrogen) atoms. The van der Waals surface area contributed by atoms with E-state index in [0.29, 0.717) is 35.9 Å². The van der Waals surface area contributed by atoms with Crippen molar-refractivity contribution >= 4 is 11.8 Å². The van der Waals surface area contributed by atoms with Crippen LogP contribution in [0.1, 0.15) is 44.0 Å². The maximum absolute atomic E-state index is 11.9. The first kappa shape index (κ1) is 13.8. The van der Waals surface area contributed by atoms with Crippen LogP contribution < -0.4 is 5.32 Å². The first-order chi connectivity index (χ1) is 9.13. The van der Waals surface area contributed by atoms with Crippen LogP contribution in [0.3, 0.4) is 0 Å². The summed E-state index contributed by atoms with van der Waals surface area (Å²) < 4.78 is 5.06. The number of pyridine rings is 1. The van der Waals surface area contributed by atoms with Crippen LogP contribution in [0.5, 0.6) is 0 Å². The number of hydrogen-bond acceptors (Lipinski definition) is 4. The molecule has 0 saturated heterocycles. The van der Waals surface area contributed by atoms with Crippen LogP contribution in [0.15, 0.2) is 18.3 Å². The van der Waals surface area contributed by atoms with Gasteiger partial charge >= 0.3 is 5.97 Å². The smallest absolute Gasteiger partial charge is 0.341 e. The van der Waals surface area contributed by atoms with Crippen LogP contribution in [0.2, 0.25) is 0 Å². The highest BCUT2D eigenvalue weighted by molar-refractivity contribution is 5.94. The molecule has 1 aromatic heterocycles. The number of ether oxygens (including phenoxy) is 1. The van der Waals surface area contributed by atoms with Crippen molar-refractivity contribution in [1.82, 2.24) is 4.98 Å². The number of anilines is 1. The molecule has 3 unspecified atom stereocenters. The van der Waals surface area contributed by atoms with Crippen molar-refractivity contribution in [3.05, 3.63) is 23.9 Å². The van der Waals surface area contributed by atoms with Gasteiger partial charge in [0.2, 0.25) is 0 Å². The molecule has 0 radical (unpaired) electrons. The molecule has 1 aliphatic rings. The second kappa shape index (κ2) is 6.04. The van der Waals surface area contributed by atoms with Crippen molar-refractivity contribution in [3.8, 4) is 0 Å². The van der Waals surface area contributed by atoms with Crippen LogP contribution in [-0.4, -0.2) is 23.6 Å². The highest BCUT2D eigenvalue weighted by Crippen LogP contribution is 2.33. The lowest BCUT2D eigenvalue weighted by molar-refractivity contribution is 0.0527. The van der Waals surface area contributed by atoms with Crippen molar-refractivity contribution in [2.24, 2.45) is 11.8 Å². The number of nitrogens with zero attached hydrogens (tertiary/aromatic N) is 1. The third-order valence-electron chi connectivity index (χ3n) is 4.09. The maximum Gasteiger partial charge on any atom is 0.341 e. The fourth-order valence-corrected chi connectivity index (χ4v) is 2.64. The number of carbonyl (C=O) groups excluding carboxylic acids is 1. The van der Waals surface area contributed by atoms with E-state index in [4.69, 9.17) is 4.74 Å². The van der Waals surface area contributed by atoms with E-state index >= 15 is 0 Å². The van der Waals surface area contributed by atoms with Crippen LogP contribution in [0, 0.1) is 11.8 Å². The van der Waals surface area contributed by atoms with E-state index in [1.807, 2.05) is 6.92 Å². The standard InChI is InChI=1S/C15H22N2O2/c1-4-19-15(18)12-6-5-9-16-14(12)17-13-8-7-10(2)11(13)3/h5-6,9-11,13H,4,7-8H2,1-3H3,(H,16,17). The maximum atomic E-state index is 11.9. The molecule has 3 atom stereocenters. The molecule has 1 saturated carbocycles. The van der Waals surface area contributed by atoms with E-state index in [1.165, 1.54) is 6.42 Å². The van der Waals surface area contributed by atoms with E-state index in [1.54, 1.807) is 18.3 Å². The molecule has 2 rings (SSSR count). The summed E-state index contributed by atoms with van der Waals surface area (Å²) in [6.45, 7) is 6.71. The van der Waals surface area contributed by atoms with Gasteiger partial charge in [0.15, 0.2) is 0 Å². The third kappa shape index (κ3) is 3.06. The summed E-state index contributed by atoms with van der Waals surface area (Å²) in [5, 5.41) is 3.42. The zero-order valence-corrected chi connectivity index (χ0v) is 11.8. The van der Waals surface area contributed by atoms with Crippen molar-refractivity contribution < 1.29 is 9.53 Å². The molecule has 0 aliphatic heterocycles. The lowest BCUT2D eigenvalue weighted by Gasteiger charge is -2.21. The first-order valence-electron chi connectivity index (χ1n) is 7.02. The van der Waals surface area contributed by atoms with Gasteiger partial charge in [-0.2, -0.15) is 0 Å². The quantitative estimate of drug-likeness (QED) is 0.847. The molecule has 1 fully saturated rings. The lowest BCUT2D eigenvalue weighted by atomic mass is 9.98. The predicted molar refractivity (Wildman–Crippen MR) is 75.2 cm³/mol. The van der Waals surface area contributed by atoms with Crippen LogP contribution >= 0.6 is 0 Å². The van der Waals surface area contributed by atoms with Gasteiger partial charge in [-0.05, 0) is 43.7 Å². The Morgan fingerprint density at radius 3 is 2.89 bits per heavy atom. The highest BCUT2D eigenvalue weighted by atomic mass is 16.5. The molecule has 0 bridgehead atoms. The number of rotatable bonds is 4. The van der Waals surface area contributed by atoms with Gasteiger partial charge in [-0.25, -0.2) is 9.78 Å². The zero-order valence-electron chi connectivity index (χ0n) is 11.8. The van der Waals surface area contributed by atoms with Crippen molar-refractivity contribution in [2.75, 3.05) is 11.9 Å². The fourth-order valence-electron chi connectivity index (χ4n) is 2.64. The van der Waals surface area contributed by atoms with Crippen molar-refractivity contribution in [1.29, 1.82) is 0 Å². The minimum Gasteiger partial charge on any atom is -0.462 e. The third-order valence-corrected chi connectivity index (χ3v) is 4.09. The molecule has 1 N–H and O–H groups in total. The van der Waals surface area contributed by atoms with Gasteiger partial charge in [0.05, 0.1) is 6.61 Å². The van der Waals surface area contributed by atoms with Gasteiger partial charge in [0, 0.05) is 12.2 Å².